The molecule has 0 spiro atoms. The van der Waals surface area contributed by atoms with Crippen molar-refractivity contribution in [3.8, 4) is 0 Å². The zero-order valence-electron chi connectivity index (χ0n) is 5.95. The van der Waals surface area contributed by atoms with Crippen molar-refractivity contribution in [1.29, 1.82) is 0 Å². The van der Waals surface area contributed by atoms with Crippen LogP contribution in [0.25, 0.3) is 10.4 Å². The van der Waals surface area contributed by atoms with E-state index in [1.807, 2.05) is 0 Å². The van der Waals surface area contributed by atoms with Gasteiger partial charge in [-0.3, -0.25) is 0 Å². The number of carbonyl (C=O) groups is 1. The summed E-state index contributed by atoms with van der Waals surface area (Å²) in [7, 11) is 0. The third-order valence-electron chi connectivity index (χ3n) is 0.761. The largest absolute Gasteiger partial charge is 1.00 e. The van der Waals surface area contributed by atoms with Gasteiger partial charge in [0.25, 0.3) is 5.82 Å². The first-order valence-corrected chi connectivity index (χ1v) is 2.31. The van der Waals surface area contributed by atoms with Crippen molar-refractivity contribution in [3.05, 3.63) is 16.3 Å². The van der Waals surface area contributed by atoms with Gasteiger partial charge < -0.3 is 9.90 Å². The van der Waals surface area contributed by atoms with Gasteiger partial charge in [0.2, 0.25) is 0 Å². The first kappa shape index (κ1) is 10.9. The molecule has 0 fully saturated rings. The molecule has 0 saturated heterocycles. The average molecular weight is 177 g/mol. The Morgan fingerprint density at radius 2 is 2.42 bits per heavy atom. The molecular formula is C2N7NaO2. The number of carbonyl (C=O) groups excluding carboxylic acids is 1. The Labute approximate surface area is 87.3 Å². The van der Waals surface area contributed by atoms with Crippen LogP contribution in [0.3, 0.4) is 0 Å². The normalized spacial score (nSPS) is 8.00. The van der Waals surface area contributed by atoms with E-state index >= 15 is 0 Å². The maximum absolute atomic E-state index is 10.1. The summed E-state index contributed by atoms with van der Waals surface area (Å²) >= 11 is 0. The Kier molecular flexibility index (Phi) is 4.22. The van der Waals surface area contributed by atoms with E-state index in [-0.39, 0.29) is 29.6 Å². The zero-order valence-corrected chi connectivity index (χ0v) is 7.95. The number of aromatic carboxylic acids is 1. The third kappa shape index (κ3) is 2.17. The van der Waals surface area contributed by atoms with Gasteiger partial charge in [-0.25, -0.2) is 0 Å². The zero-order chi connectivity index (χ0) is 8.27. The summed E-state index contributed by atoms with van der Waals surface area (Å²) in [6, 6.07) is 0. The second kappa shape index (κ2) is 4.67. The molecule has 12 heavy (non-hydrogen) atoms. The molecule has 0 aliphatic heterocycles. The number of carboxylic acid groups (broad SMARTS) is 1. The van der Waals surface area contributed by atoms with Gasteiger partial charge in [-0.15, -0.1) is 5.53 Å². The van der Waals surface area contributed by atoms with Crippen molar-refractivity contribution >= 4 is 5.97 Å². The molecule has 0 atom stereocenters. The molecule has 56 valence electrons. The summed E-state index contributed by atoms with van der Waals surface area (Å²) < 4.78 is 0. The van der Waals surface area contributed by atoms with E-state index in [0.717, 1.165) is 0 Å². The van der Waals surface area contributed by atoms with Crippen molar-refractivity contribution in [2.75, 3.05) is 0 Å². The fourth-order valence-corrected chi connectivity index (χ4v) is 0.403. The summed E-state index contributed by atoms with van der Waals surface area (Å²) in [6.45, 7) is 0. The number of carboxylic acids is 1. The van der Waals surface area contributed by atoms with Crippen LogP contribution in [0.1, 0.15) is 10.6 Å². The van der Waals surface area contributed by atoms with Crippen molar-refractivity contribution in [2.24, 2.45) is 5.22 Å². The number of nitrogens with zero attached hydrogens (tertiary/aromatic N) is 7. The SMILES string of the molecule is [N-]=[N+]=Nn1nnnc1C(=O)[O-].[Na+]. The molecule has 0 amide bonds. The van der Waals surface area contributed by atoms with Crippen molar-refractivity contribution in [2.45, 2.75) is 0 Å². The van der Waals surface area contributed by atoms with E-state index in [4.69, 9.17) is 5.53 Å². The molecule has 0 unspecified atom stereocenters. The number of rotatable bonds is 2. The van der Waals surface area contributed by atoms with E-state index in [1.54, 1.807) is 0 Å². The molecule has 10 heteroatoms. The predicted octanol–water partition coefficient (Wildman–Crippen LogP) is -4.89. The third-order valence-corrected chi connectivity index (χ3v) is 0.761. The quantitative estimate of drug-likeness (QED) is 0.193. The molecule has 0 aliphatic carbocycles. The molecule has 1 rings (SSSR count). The molecule has 0 radical (unpaired) electrons. The van der Waals surface area contributed by atoms with Crippen LogP contribution in [0.5, 0.6) is 0 Å². The monoisotopic (exact) mass is 177 g/mol. The Balaban J connectivity index is 0.00000121. The van der Waals surface area contributed by atoms with Gasteiger partial charge in [0.1, 0.15) is 5.97 Å². The van der Waals surface area contributed by atoms with Gasteiger partial charge in [0.05, 0.1) is 5.21 Å². The molecule has 9 nitrogen and oxygen atoms in total. The number of azide groups is 1. The molecule has 0 aliphatic rings. The number of hydrogen-bond acceptors (Lipinski definition) is 6. The van der Waals surface area contributed by atoms with Crippen molar-refractivity contribution in [3.63, 3.8) is 0 Å². The Morgan fingerprint density at radius 1 is 1.75 bits per heavy atom. The summed E-state index contributed by atoms with van der Waals surface area (Å²) in [5, 5.41) is 21.9. The van der Waals surface area contributed by atoms with Crippen molar-refractivity contribution < 1.29 is 39.5 Å². The van der Waals surface area contributed by atoms with E-state index < -0.39 is 11.8 Å². The molecule has 1 heterocycles. The van der Waals surface area contributed by atoms with E-state index in [1.165, 1.54) is 0 Å². The van der Waals surface area contributed by atoms with Crippen LogP contribution < -0.4 is 34.7 Å². The number of tetrazole rings is 1. The van der Waals surface area contributed by atoms with E-state index in [9.17, 15) is 9.90 Å². The Morgan fingerprint density at radius 3 is 2.92 bits per heavy atom. The fourth-order valence-electron chi connectivity index (χ4n) is 0.403. The van der Waals surface area contributed by atoms with Gasteiger partial charge >= 0.3 is 29.6 Å². The maximum atomic E-state index is 10.1. The van der Waals surface area contributed by atoms with Gasteiger partial charge in [-0.2, -0.15) is 4.91 Å². The van der Waals surface area contributed by atoms with Crippen LogP contribution in [0, 0.1) is 0 Å². The first-order valence-electron chi connectivity index (χ1n) is 2.31. The van der Waals surface area contributed by atoms with Crippen LogP contribution in [0.4, 0.5) is 0 Å². The predicted molar refractivity (Wildman–Crippen MR) is 26.7 cm³/mol. The molecule has 0 aromatic carbocycles. The van der Waals surface area contributed by atoms with Crippen LogP contribution in [0.15, 0.2) is 5.22 Å². The second-order valence-corrected chi connectivity index (χ2v) is 1.36. The summed E-state index contributed by atoms with van der Waals surface area (Å²) in [4.78, 5) is 12.8. The minimum Gasteiger partial charge on any atom is -0.540 e. The van der Waals surface area contributed by atoms with Gasteiger partial charge in [-0.05, 0) is 4.79 Å². The van der Waals surface area contributed by atoms with Gasteiger partial charge in [0.15, 0.2) is 0 Å². The van der Waals surface area contributed by atoms with E-state index in [2.05, 4.69) is 25.7 Å². The van der Waals surface area contributed by atoms with Gasteiger partial charge in [-0.1, -0.05) is 5.10 Å². The average Bonchev–Trinajstić information content (AvgIpc) is 2.36. The van der Waals surface area contributed by atoms with Gasteiger partial charge in [0, 0.05) is 10.4 Å². The Hall–Kier alpha value is -1.15. The molecular weight excluding hydrogens is 177 g/mol. The molecule has 1 aromatic rings. The molecule has 1 aromatic heterocycles. The summed E-state index contributed by atoms with van der Waals surface area (Å²) in [5.41, 5.74) is 7.87. The summed E-state index contributed by atoms with van der Waals surface area (Å²) in [5.74, 6) is -2.25. The molecule has 0 N–H and O–H groups in total. The maximum Gasteiger partial charge on any atom is 1.00 e. The minimum atomic E-state index is -1.61. The topological polar surface area (TPSA) is 132 Å². The first-order chi connectivity index (χ1) is 5.25. The molecule has 0 bridgehead atoms. The van der Waals surface area contributed by atoms with Crippen LogP contribution in [-0.2, 0) is 0 Å². The van der Waals surface area contributed by atoms with Crippen LogP contribution in [-0.4, -0.2) is 26.3 Å². The molecule has 0 saturated carbocycles. The smallest absolute Gasteiger partial charge is 0.540 e. The second-order valence-electron chi connectivity index (χ2n) is 1.36. The van der Waals surface area contributed by atoms with Crippen LogP contribution >= 0.6 is 0 Å². The minimum absolute atomic E-state index is 0. The van der Waals surface area contributed by atoms with Crippen LogP contribution in [0.2, 0.25) is 0 Å². The Bertz CT molecular complexity index is 309. The standard InChI is InChI=1S/C2HN7O2.Na/c3-5-7-9-1(2(10)11)4-6-8-9;/h(H,10,11);/q;+1/p-1. The summed E-state index contributed by atoms with van der Waals surface area (Å²) in [6.07, 6.45) is 0. The van der Waals surface area contributed by atoms with Crippen molar-refractivity contribution in [1.82, 2.24) is 20.3 Å². The number of hydrogen-bond donors (Lipinski definition) is 0. The number of aromatic nitrogens is 4. The van der Waals surface area contributed by atoms with E-state index in [0.29, 0.717) is 4.79 Å². The fraction of sp³-hybridized carbons (Fsp3) is 0.